The number of nitrogens with zero attached hydrogens (tertiary/aromatic N) is 1. The first kappa shape index (κ1) is 19.6. The fraction of sp³-hybridized carbons (Fsp3) is 0.350. The van der Waals surface area contributed by atoms with Gasteiger partial charge >= 0.3 is 0 Å². The number of halogens is 3. The molecule has 1 amide bonds. The standard InChI is InChI=1S/C20H22ClF2N3O/c1-14(16-7-6-15(22)12-18(16)23)24-20(27)13-25-8-10-26(11-9-25)19-5-3-2-4-17(19)21/h2-7,12,14H,8-11,13H2,1H3,(H,24,27)/p+1/t14-/m0/s1. The molecule has 1 aliphatic heterocycles. The fourth-order valence-corrected chi connectivity index (χ4v) is 3.65. The van der Waals surface area contributed by atoms with Gasteiger partial charge in [-0.2, -0.15) is 0 Å². The number of para-hydroxylation sites is 1. The number of amides is 1. The van der Waals surface area contributed by atoms with Crippen molar-refractivity contribution in [3.8, 4) is 0 Å². The van der Waals surface area contributed by atoms with Gasteiger partial charge in [0.15, 0.2) is 6.54 Å². The van der Waals surface area contributed by atoms with Crippen LogP contribution in [0.3, 0.4) is 0 Å². The van der Waals surface area contributed by atoms with Crippen LogP contribution >= 0.6 is 11.6 Å². The van der Waals surface area contributed by atoms with E-state index >= 15 is 0 Å². The molecule has 2 aromatic rings. The van der Waals surface area contributed by atoms with Gasteiger partial charge in [0.1, 0.15) is 11.6 Å². The Balaban J connectivity index is 1.50. The number of anilines is 1. The van der Waals surface area contributed by atoms with Crippen molar-refractivity contribution in [2.45, 2.75) is 13.0 Å². The Morgan fingerprint density at radius 1 is 1.22 bits per heavy atom. The molecule has 4 nitrogen and oxygen atoms in total. The van der Waals surface area contributed by atoms with Gasteiger partial charge in [0.05, 0.1) is 42.9 Å². The lowest BCUT2D eigenvalue weighted by Crippen LogP contribution is -3.16. The van der Waals surface area contributed by atoms with Crippen molar-refractivity contribution in [3.05, 3.63) is 64.7 Å². The van der Waals surface area contributed by atoms with Crippen molar-refractivity contribution in [1.82, 2.24) is 5.32 Å². The molecule has 2 aromatic carbocycles. The lowest BCUT2D eigenvalue weighted by Gasteiger charge is -2.34. The average molecular weight is 395 g/mol. The molecule has 2 N–H and O–H groups in total. The zero-order valence-corrected chi connectivity index (χ0v) is 15.9. The molecular formula is C20H23ClF2N3O+. The molecule has 1 saturated heterocycles. The topological polar surface area (TPSA) is 36.8 Å². The number of hydrogen-bond acceptors (Lipinski definition) is 2. The highest BCUT2D eigenvalue weighted by molar-refractivity contribution is 6.33. The van der Waals surface area contributed by atoms with E-state index < -0.39 is 17.7 Å². The molecular weight excluding hydrogens is 372 g/mol. The lowest BCUT2D eigenvalue weighted by molar-refractivity contribution is -0.892. The average Bonchev–Trinajstić information content (AvgIpc) is 2.62. The highest BCUT2D eigenvalue weighted by Gasteiger charge is 2.24. The predicted octanol–water partition coefficient (Wildman–Crippen LogP) is 2.20. The second-order valence-corrected chi connectivity index (χ2v) is 7.23. The van der Waals surface area contributed by atoms with Crippen LogP contribution in [0.2, 0.25) is 5.02 Å². The summed E-state index contributed by atoms with van der Waals surface area (Å²) < 4.78 is 26.9. The molecule has 27 heavy (non-hydrogen) atoms. The number of piperazine rings is 1. The zero-order valence-electron chi connectivity index (χ0n) is 15.1. The Hall–Kier alpha value is -2.18. The molecule has 0 aromatic heterocycles. The predicted molar refractivity (Wildman–Crippen MR) is 102 cm³/mol. The third-order valence-electron chi connectivity index (χ3n) is 4.88. The zero-order chi connectivity index (χ0) is 19.4. The molecule has 0 spiro atoms. The van der Waals surface area contributed by atoms with Gasteiger partial charge in [-0.3, -0.25) is 4.79 Å². The van der Waals surface area contributed by atoms with Gasteiger partial charge in [-0.25, -0.2) is 8.78 Å². The van der Waals surface area contributed by atoms with E-state index in [0.717, 1.165) is 43.0 Å². The monoisotopic (exact) mass is 394 g/mol. The van der Waals surface area contributed by atoms with E-state index in [0.29, 0.717) is 6.54 Å². The molecule has 0 radical (unpaired) electrons. The van der Waals surface area contributed by atoms with Crippen LogP contribution in [0.15, 0.2) is 42.5 Å². The van der Waals surface area contributed by atoms with Gasteiger partial charge in [0.25, 0.3) is 5.91 Å². The Labute approximate surface area is 162 Å². The van der Waals surface area contributed by atoms with Crippen molar-refractivity contribution in [3.63, 3.8) is 0 Å². The molecule has 1 atom stereocenters. The van der Waals surface area contributed by atoms with Gasteiger partial charge in [0, 0.05) is 11.6 Å². The number of carbonyl (C=O) groups excluding carboxylic acids is 1. The van der Waals surface area contributed by atoms with Crippen LogP contribution in [-0.4, -0.2) is 38.6 Å². The number of rotatable bonds is 5. The maximum Gasteiger partial charge on any atom is 0.275 e. The highest BCUT2D eigenvalue weighted by Crippen LogP contribution is 2.24. The second-order valence-electron chi connectivity index (χ2n) is 6.82. The molecule has 0 aliphatic carbocycles. The molecule has 7 heteroatoms. The molecule has 144 valence electrons. The highest BCUT2D eigenvalue weighted by atomic mass is 35.5. The van der Waals surface area contributed by atoms with E-state index in [4.69, 9.17) is 11.6 Å². The van der Waals surface area contributed by atoms with Crippen LogP contribution in [0.4, 0.5) is 14.5 Å². The number of carbonyl (C=O) groups is 1. The van der Waals surface area contributed by atoms with Gasteiger partial charge in [-0.05, 0) is 25.1 Å². The lowest BCUT2D eigenvalue weighted by atomic mass is 10.1. The van der Waals surface area contributed by atoms with E-state index in [-0.39, 0.29) is 11.5 Å². The van der Waals surface area contributed by atoms with Crippen LogP contribution in [0.1, 0.15) is 18.5 Å². The SMILES string of the molecule is C[C@H](NC(=O)C[NH+]1CCN(c2ccccc2Cl)CC1)c1ccc(F)cc1F. The van der Waals surface area contributed by atoms with Gasteiger partial charge < -0.3 is 15.1 Å². The quantitative estimate of drug-likeness (QED) is 0.815. The Morgan fingerprint density at radius 2 is 1.93 bits per heavy atom. The van der Waals surface area contributed by atoms with Crippen molar-refractivity contribution in [2.75, 3.05) is 37.6 Å². The molecule has 0 unspecified atom stereocenters. The van der Waals surface area contributed by atoms with Gasteiger partial charge in [-0.1, -0.05) is 29.8 Å². The first-order chi connectivity index (χ1) is 12.9. The largest absolute Gasteiger partial charge is 0.359 e. The Kier molecular flexibility index (Phi) is 6.29. The van der Waals surface area contributed by atoms with Crippen LogP contribution in [0, 0.1) is 11.6 Å². The summed E-state index contributed by atoms with van der Waals surface area (Å²) in [7, 11) is 0. The normalized spacial score (nSPS) is 16.2. The maximum absolute atomic E-state index is 13.8. The summed E-state index contributed by atoms with van der Waals surface area (Å²) in [4.78, 5) is 15.7. The van der Waals surface area contributed by atoms with E-state index in [2.05, 4.69) is 10.2 Å². The number of nitrogens with one attached hydrogen (secondary N) is 2. The third kappa shape index (κ3) is 4.96. The molecule has 1 heterocycles. The summed E-state index contributed by atoms with van der Waals surface area (Å²) in [5, 5.41) is 3.53. The summed E-state index contributed by atoms with van der Waals surface area (Å²) >= 11 is 6.25. The first-order valence-corrected chi connectivity index (χ1v) is 9.39. The van der Waals surface area contributed by atoms with Crippen molar-refractivity contribution in [1.29, 1.82) is 0 Å². The van der Waals surface area contributed by atoms with Crippen molar-refractivity contribution < 1.29 is 18.5 Å². The first-order valence-electron chi connectivity index (χ1n) is 9.01. The fourth-order valence-electron chi connectivity index (χ4n) is 3.40. The van der Waals surface area contributed by atoms with E-state index in [1.807, 2.05) is 24.3 Å². The summed E-state index contributed by atoms with van der Waals surface area (Å²) in [6, 6.07) is 10.6. The van der Waals surface area contributed by atoms with Gasteiger partial charge in [0.2, 0.25) is 0 Å². The minimum atomic E-state index is -0.650. The summed E-state index contributed by atoms with van der Waals surface area (Å²) in [5.41, 5.74) is 1.30. The third-order valence-corrected chi connectivity index (χ3v) is 5.20. The number of hydrogen-bond donors (Lipinski definition) is 2. The van der Waals surface area contributed by atoms with Crippen LogP contribution in [0.25, 0.3) is 0 Å². The van der Waals surface area contributed by atoms with E-state index in [9.17, 15) is 13.6 Å². The summed E-state index contributed by atoms with van der Waals surface area (Å²) in [6.07, 6.45) is 0. The van der Waals surface area contributed by atoms with Crippen molar-refractivity contribution >= 4 is 23.2 Å². The number of benzene rings is 2. The maximum atomic E-state index is 13.8. The van der Waals surface area contributed by atoms with Crippen LogP contribution in [0.5, 0.6) is 0 Å². The minimum Gasteiger partial charge on any atom is -0.359 e. The molecule has 1 fully saturated rings. The number of quaternary nitrogens is 1. The molecule has 0 bridgehead atoms. The van der Waals surface area contributed by atoms with Gasteiger partial charge in [-0.15, -0.1) is 0 Å². The van der Waals surface area contributed by atoms with E-state index in [1.165, 1.54) is 17.0 Å². The van der Waals surface area contributed by atoms with E-state index in [1.54, 1.807) is 6.92 Å². The molecule has 0 saturated carbocycles. The van der Waals surface area contributed by atoms with Crippen molar-refractivity contribution in [2.24, 2.45) is 0 Å². The second kappa shape index (κ2) is 8.67. The smallest absolute Gasteiger partial charge is 0.275 e. The summed E-state index contributed by atoms with van der Waals surface area (Å²) in [5.74, 6) is -1.42. The Bertz CT molecular complexity index is 810. The summed E-state index contributed by atoms with van der Waals surface area (Å²) in [6.45, 7) is 5.28. The molecule has 3 rings (SSSR count). The van der Waals surface area contributed by atoms with Crippen LogP contribution < -0.4 is 15.1 Å². The molecule has 1 aliphatic rings. The van der Waals surface area contributed by atoms with Crippen LogP contribution in [-0.2, 0) is 4.79 Å². The Morgan fingerprint density at radius 3 is 2.59 bits per heavy atom. The minimum absolute atomic E-state index is 0.146.